The zero-order valence-electron chi connectivity index (χ0n) is 9.33. The average molecular weight is 213 g/mol. The van der Waals surface area contributed by atoms with E-state index in [2.05, 4.69) is 4.98 Å². The van der Waals surface area contributed by atoms with Crippen LogP contribution in [0.2, 0.25) is 0 Å². The number of methoxy groups -OCH3 is 1. The van der Waals surface area contributed by atoms with Crippen LogP contribution in [0.5, 0.6) is 0 Å². The smallest absolute Gasteiger partial charge is 0.358 e. The molecule has 0 radical (unpaired) electrons. The third kappa shape index (κ3) is 2.79. The third-order valence-corrected chi connectivity index (χ3v) is 2.17. The quantitative estimate of drug-likeness (QED) is 0.823. The van der Waals surface area contributed by atoms with Gasteiger partial charge in [0.1, 0.15) is 5.76 Å². The molecule has 0 aliphatic carbocycles. The van der Waals surface area contributed by atoms with Gasteiger partial charge in [-0.1, -0.05) is 0 Å². The minimum absolute atomic E-state index is 0.0306. The monoisotopic (exact) mass is 213 g/mol. The molecule has 1 N–H and O–H groups in total. The lowest BCUT2D eigenvalue weighted by molar-refractivity contribution is 0.0179. The van der Waals surface area contributed by atoms with E-state index in [0.717, 1.165) is 0 Å². The van der Waals surface area contributed by atoms with Crippen LogP contribution >= 0.6 is 0 Å². The van der Waals surface area contributed by atoms with Gasteiger partial charge in [0.05, 0.1) is 12.0 Å². The molecule has 0 aromatic carbocycles. The van der Waals surface area contributed by atoms with Crippen molar-refractivity contribution in [2.75, 3.05) is 7.11 Å². The maximum atomic E-state index is 10.7. The van der Waals surface area contributed by atoms with Gasteiger partial charge in [-0.25, -0.2) is 9.78 Å². The molecule has 0 saturated carbocycles. The Hall–Kier alpha value is -1.36. The molecule has 1 rings (SSSR count). The maximum Gasteiger partial charge on any atom is 0.358 e. The molecule has 5 heteroatoms. The summed E-state index contributed by atoms with van der Waals surface area (Å²) in [4.78, 5) is 14.6. The Labute approximate surface area is 88.1 Å². The average Bonchev–Trinajstić information content (AvgIpc) is 2.46. The molecule has 15 heavy (non-hydrogen) atoms. The van der Waals surface area contributed by atoms with Crippen molar-refractivity contribution in [1.82, 2.24) is 4.98 Å². The molecule has 0 unspecified atom stereocenters. The minimum Gasteiger partial charge on any atom is -0.476 e. The third-order valence-electron chi connectivity index (χ3n) is 2.17. The fraction of sp³-hybridized carbons (Fsp3) is 0.600. The second-order valence-corrected chi connectivity index (χ2v) is 3.96. The van der Waals surface area contributed by atoms with Gasteiger partial charge in [-0.2, -0.15) is 0 Å². The van der Waals surface area contributed by atoms with E-state index in [1.165, 1.54) is 0 Å². The number of hydrogen-bond donors (Lipinski definition) is 1. The van der Waals surface area contributed by atoms with Crippen LogP contribution in [0.4, 0.5) is 0 Å². The number of aryl methyl sites for hydroxylation is 1. The largest absolute Gasteiger partial charge is 0.476 e. The summed E-state index contributed by atoms with van der Waals surface area (Å²) >= 11 is 0. The second-order valence-electron chi connectivity index (χ2n) is 3.96. The summed E-state index contributed by atoms with van der Waals surface area (Å²) in [5, 5.41) is 8.78. The lowest BCUT2D eigenvalue weighted by atomic mass is 10.1. The Bertz CT molecular complexity index is 367. The number of carboxylic acids is 1. The van der Waals surface area contributed by atoms with Crippen molar-refractivity contribution >= 4 is 5.97 Å². The molecule has 1 aromatic heterocycles. The summed E-state index contributed by atoms with van der Waals surface area (Å²) in [5.41, 5.74) is -0.440. The number of carboxylic acid groups (broad SMARTS) is 1. The van der Waals surface area contributed by atoms with Gasteiger partial charge in [0.15, 0.2) is 11.6 Å². The Morgan fingerprint density at radius 2 is 2.20 bits per heavy atom. The van der Waals surface area contributed by atoms with Crippen molar-refractivity contribution in [1.29, 1.82) is 0 Å². The molecule has 1 heterocycles. The van der Waals surface area contributed by atoms with Crippen LogP contribution in [-0.2, 0) is 11.2 Å². The van der Waals surface area contributed by atoms with Gasteiger partial charge >= 0.3 is 5.97 Å². The Morgan fingerprint density at radius 3 is 2.60 bits per heavy atom. The molecule has 0 spiro atoms. The standard InChI is InChI=1S/C10H15NO4/c1-6-8(9(12)13)11-7(15-6)5-10(2,3)14-4/h5H2,1-4H3,(H,12,13). The minimum atomic E-state index is -1.07. The number of hydrogen-bond acceptors (Lipinski definition) is 4. The van der Waals surface area contributed by atoms with Crippen molar-refractivity contribution in [2.24, 2.45) is 0 Å². The first kappa shape index (κ1) is 11.7. The molecule has 0 amide bonds. The maximum absolute atomic E-state index is 10.7. The lowest BCUT2D eigenvalue weighted by Gasteiger charge is -2.20. The zero-order valence-corrected chi connectivity index (χ0v) is 9.33. The van der Waals surface area contributed by atoms with E-state index in [1.807, 2.05) is 13.8 Å². The number of ether oxygens (including phenoxy) is 1. The van der Waals surface area contributed by atoms with E-state index in [-0.39, 0.29) is 5.69 Å². The van der Waals surface area contributed by atoms with Crippen LogP contribution in [-0.4, -0.2) is 28.8 Å². The highest BCUT2D eigenvalue weighted by atomic mass is 16.5. The second kappa shape index (κ2) is 4.02. The van der Waals surface area contributed by atoms with E-state index in [4.69, 9.17) is 14.3 Å². The summed E-state index contributed by atoms with van der Waals surface area (Å²) in [7, 11) is 1.59. The number of nitrogens with zero attached hydrogens (tertiary/aromatic N) is 1. The van der Waals surface area contributed by atoms with Crippen molar-refractivity contribution < 1.29 is 19.1 Å². The summed E-state index contributed by atoms with van der Waals surface area (Å²) in [6, 6.07) is 0. The molecule has 84 valence electrons. The van der Waals surface area contributed by atoms with Crippen LogP contribution < -0.4 is 0 Å². The molecule has 5 nitrogen and oxygen atoms in total. The molecule has 0 saturated heterocycles. The van der Waals surface area contributed by atoms with Gasteiger partial charge in [0.2, 0.25) is 0 Å². The highest BCUT2D eigenvalue weighted by Crippen LogP contribution is 2.18. The molecule has 0 bridgehead atoms. The topological polar surface area (TPSA) is 72.6 Å². The van der Waals surface area contributed by atoms with E-state index in [0.29, 0.717) is 18.1 Å². The van der Waals surface area contributed by atoms with E-state index in [9.17, 15) is 4.79 Å². The molecule has 0 atom stereocenters. The molecule has 0 aliphatic rings. The highest BCUT2D eigenvalue weighted by Gasteiger charge is 2.23. The zero-order chi connectivity index (χ0) is 11.6. The van der Waals surface area contributed by atoms with Crippen LogP contribution in [0.25, 0.3) is 0 Å². The number of rotatable bonds is 4. The van der Waals surface area contributed by atoms with Crippen molar-refractivity contribution in [3.05, 3.63) is 17.3 Å². The summed E-state index contributed by atoms with van der Waals surface area (Å²) < 4.78 is 10.4. The van der Waals surface area contributed by atoms with E-state index in [1.54, 1.807) is 14.0 Å². The lowest BCUT2D eigenvalue weighted by Crippen LogP contribution is -2.25. The molecule has 0 aliphatic heterocycles. The van der Waals surface area contributed by atoms with Gasteiger partial charge < -0.3 is 14.3 Å². The summed E-state index contributed by atoms with van der Waals surface area (Å²) in [6.45, 7) is 5.35. The number of aromatic nitrogens is 1. The first-order valence-electron chi connectivity index (χ1n) is 4.60. The fourth-order valence-corrected chi connectivity index (χ4v) is 1.16. The highest BCUT2D eigenvalue weighted by molar-refractivity contribution is 5.86. The van der Waals surface area contributed by atoms with Gasteiger partial charge in [-0.05, 0) is 20.8 Å². The summed E-state index contributed by atoms with van der Waals surface area (Å²) in [6.07, 6.45) is 0.442. The van der Waals surface area contributed by atoms with Gasteiger partial charge in [-0.3, -0.25) is 0 Å². The Morgan fingerprint density at radius 1 is 1.60 bits per heavy atom. The molecular formula is C10H15NO4. The number of oxazole rings is 1. The SMILES string of the molecule is COC(C)(C)Cc1nc(C(=O)O)c(C)o1. The van der Waals surface area contributed by atoms with Gasteiger partial charge in [0.25, 0.3) is 0 Å². The van der Waals surface area contributed by atoms with Gasteiger partial charge in [-0.15, -0.1) is 0 Å². The van der Waals surface area contributed by atoms with E-state index < -0.39 is 11.6 Å². The van der Waals surface area contributed by atoms with Crippen LogP contribution in [0, 0.1) is 6.92 Å². The van der Waals surface area contributed by atoms with Crippen molar-refractivity contribution in [3.8, 4) is 0 Å². The van der Waals surface area contributed by atoms with Crippen molar-refractivity contribution in [2.45, 2.75) is 32.8 Å². The molecular weight excluding hydrogens is 198 g/mol. The van der Waals surface area contributed by atoms with Crippen LogP contribution in [0.1, 0.15) is 36.0 Å². The fourth-order valence-electron chi connectivity index (χ4n) is 1.16. The first-order chi connectivity index (χ1) is 6.85. The Kier molecular flexibility index (Phi) is 3.14. The summed E-state index contributed by atoms with van der Waals surface area (Å²) in [5.74, 6) is -0.362. The number of carbonyl (C=O) groups is 1. The van der Waals surface area contributed by atoms with Crippen LogP contribution in [0.15, 0.2) is 4.42 Å². The predicted octanol–water partition coefficient (Wildman–Crippen LogP) is 1.65. The first-order valence-corrected chi connectivity index (χ1v) is 4.60. The molecule has 0 fully saturated rings. The normalized spacial score (nSPS) is 11.7. The van der Waals surface area contributed by atoms with E-state index >= 15 is 0 Å². The van der Waals surface area contributed by atoms with Crippen molar-refractivity contribution in [3.63, 3.8) is 0 Å². The Balaban J connectivity index is 2.89. The molecule has 1 aromatic rings. The number of aromatic carboxylic acids is 1. The van der Waals surface area contributed by atoms with Crippen LogP contribution in [0.3, 0.4) is 0 Å². The predicted molar refractivity (Wildman–Crippen MR) is 53.0 cm³/mol. The van der Waals surface area contributed by atoms with Gasteiger partial charge in [0, 0.05) is 7.11 Å².